The van der Waals surface area contributed by atoms with Crippen molar-refractivity contribution < 1.29 is 27.7 Å². The molecule has 0 unspecified atom stereocenters. The van der Waals surface area contributed by atoms with Gasteiger partial charge >= 0.3 is 18.6 Å². The van der Waals surface area contributed by atoms with Crippen molar-refractivity contribution in [3.05, 3.63) is 28.7 Å². The number of benzene rings is 1. The fraction of sp³-hybridized carbons (Fsp3) is 0.412. The maximum absolute atomic E-state index is 12.7. The van der Waals surface area contributed by atoms with E-state index < -0.39 is 29.7 Å². The Balaban J connectivity index is 2.03. The molecule has 2 fully saturated rings. The zero-order valence-electron chi connectivity index (χ0n) is 14.8. The summed E-state index contributed by atoms with van der Waals surface area (Å²) in [6.07, 6.45) is 0. The van der Waals surface area contributed by atoms with Gasteiger partial charge in [0.1, 0.15) is 11.2 Å². The molecule has 0 spiro atoms. The second kappa shape index (κ2) is 4.48. The monoisotopic (exact) mass is 407 g/mol. The zero-order chi connectivity index (χ0) is 18.4. The molecule has 0 aliphatic carbocycles. The summed E-state index contributed by atoms with van der Waals surface area (Å²) in [6.45, 7) is 4.63. The lowest BCUT2D eigenvalue weighted by Crippen LogP contribution is -2.77. The SMILES string of the molecule is CC1(C)C(=O)O[B-]2(c3cc4cc(Br)ccc4o3)OC(=O)C(C)(C)[N+]21C. The van der Waals surface area contributed by atoms with Gasteiger partial charge in [-0.25, -0.2) is 9.59 Å². The second-order valence-electron chi connectivity index (χ2n) is 8.01. The lowest BCUT2D eigenvalue weighted by Gasteiger charge is -2.53. The quantitative estimate of drug-likeness (QED) is 0.679. The van der Waals surface area contributed by atoms with Gasteiger partial charge < -0.3 is 18.1 Å². The van der Waals surface area contributed by atoms with Crippen LogP contribution in [0.2, 0.25) is 0 Å². The van der Waals surface area contributed by atoms with Crippen LogP contribution in [0.1, 0.15) is 27.7 Å². The summed E-state index contributed by atoms with van der Waals surface area (Å²) in [6, 6.07) is 7.39. The first kappa shape index (κ1) is 16.7. The van der Waals surface area contributed by atoms with Crippen LogP contribution < -0.4 is 5.66 Å². The molecule has 2 aliphatic heterocycles. The third-order valence-electron chi connectivity index (χ3n) is 6.39. The van der Waals surface area contributed by atoms with E-state index in [1.165, 1.54) is 0 Å². The number of quaternary nitrogens is 1. The smallest absolute Gasteiger partial charge is 0.594 e. The van der Waals surface area contributed by atoms with E-state index in [9.17, 15) is 9.59 Å². The van der Waals surface area contributed by atoms with Gasteiger partial charge in [-0.15, -0.1) is 0 Å². The largest absolute Gasteiger partial charge is 0.649 e. The highest BCUT2D eigenvalue weighted by Gasteiger charge is 2.81. The average Bonchev–Trinajstić information content (AvgIpc) is 3.05. The predicted octanol–water partition coefficient (Wildman–Crippen LogP) is 2.46. The first-order valence-corrected chi connectivity index (χ1v) is 8.93. The van der Waals surface area contributed by atoms with Crippen molar-refractivity contribution in [3.63, 3.8) is 0 Å². The number of fused-ring (bicyclic) bond motifs is 2. The van der Waals surface area contributed by atoms with Crippen molar-refractivity contribution in [1.82, 2.24) is 0 Å². The van der Waals surface area contributed by atoms with Crippen molar-refractivity contribution in [2.75, 3.05) is 7.05 Å². The summed E-state index contributed by atoms with van der Waals surface area (Å²) in [5.74, 6) is -0.811. The Morgan fingerprint density at radius 3 is 2.12 bits per heavy atom. The van der Waals surface area contributed by atoms with E-state index in [1.54, 1.807) is 33.8 Å². The third-order valence-corrected chi connectivity index (χ3v) is 6.89. The van der Waals surface area contributed by atoms with Crippen LogP contribution in [-0.4, -0.2) is 41.1 Å². The van der Waals surface area contributed by atoms with Crippen molar-refractivity contribution >= 4 is 51.2 Å². The van der Waals surface area contributed by atoms with E-state index in [1.807, 2.05) is 25.2 Å². The molecular formula is C17H19BBrNO5. The Bertz CT molecular complexity index is 918. The van der Waals surface area contributed by atoms with Crippen molar-refractivity contribution in [2.24, 2.45) is 0 Å². The number of carbonyl (C=O) groups excluding carboxylic acids is 2. The standard InChI is InChI=1S/C17H19BBrNO5/c1-16(2)14(21)24-18(20(16,5)17(3,4)15(22)25-18)13-9-10-8-11(19)6-7-12(10)23-13/h6-9H,1-5H3. The van der Waals surface area contributed by atoms with Crippen molar-refractivity contribution in [2.45, 2.75) is 38.8 Å². The van der Waals surface area contributed by atoms with Crippen LogP contribution in [0, 0.1) is 0 Å². The van der Waals surface area contributed by atoms with E-state index in [2.05, 4.69) is 15.9 Å². The maximum atomic E-state index is 12.7. The zero-order valence-corrected chi connectivity index (χ0v) is 16.3. The van der Waals surface area contributed by atoms with Gasteiger partial charge in [-0.1, -0.05) is 15.9 Å². The summed E-state index contributed by atoms with van der Waals surface area (Å²) in [5.41, 5.74) is -0.916. The molecule has 0 atom stereocenters. The van der Waals surface area contributed by atoms with Crippen molar-refractivity contribution in [3.8, 4) is 0 Å². The Labute approximate surface area is 153 Å². The summed E-state index contributed by atoms with van der Waals surface area (Å²) in [5, 5.41) is 0.841. The van der Waals surface area contributed by atoms with E-state index in [4.69, 9.17) is 13.7 Å². The summed E-state index contributed by atoms with van der Waals surface area (Å²) >= 11 is 3.43. The Morgan fingerprint density at radius 1 is 1.00 bits per heavy atom. The fourth-order valence-corrected chi connectivity index (χ4v) is 4.71. The van der Waals surface area contributed by atoms with Gasteiger partial charge in [0.05, 0.1) is 0 Å². The topological polar surface area (TPSA) is 65.7 Å². The predicted molar refractivity (Wildman–Crippen MR) is 95.8 cm³/mol. The molecule has 0 N–H and O–H groups in total. The van der Waals surface area contributed by atoms with Crippen LogP contribution >= 0.6 is 15.9 Å². The third kappa shape index (κ3) is 1.65. The minimum absolute atomic E-state index is 0.0152. The Kier molecular flexibility index (Phi) is 2.99. The van der Waals surface area contributed by atoms with Crippen LogP contribution in [0.3, 0.4) is 0 Å². The van der Waals surface area contributed by atoms with Gasteiger partial charge in [0.15, 0.2) is 11.1 Å². The molecule has 2 aromatic rings. The molecule has 0 amide bonds. The molecule has 0 radical (unpaired) electrons. The van der Waals surface area contributed by atoms with Crippen LogP contribution in [0.5, 0.6) is 0 Å². The van der Waals surface area contributed by atoms with Crippen LogP contribution in [-0.2, 0) is 18.9 Å². The van der Waals surface area contributed by atoms with E-state index in [0.29, 0.717) is 11.2 Å². The minimum Gasteiger partial charge on any atom is -0.594 e. The van der Waals surface area contributed by atoms with E-state index in [-0.39, 0.29) is 4.39 Å². The lowest BCUT2D eigenvalue weighted by atomic mass is 9.61. The van der Waals surface area contributed by atoms with E-state index >= 15 is 0 Å². The molecule has 1 aromatic carbocycles. The molecule has 1 aromatic heterocycles. The number of halogens is 1. The van der Waals surface area contributed by atoms with Gasteiger partial charge in [-0.05, 0) is 52.0 Å². The highest BCUT2D eigenvalue weighted by Crippen LogP contribution is 2.52. The molecule has 0 bridgehead atoms. The number of hydrogen-bond donors (Lipinski definition) is 0. The van der Waals surface area contributed by atoms with Crippen LogP contribution in [0.4, 0.5) is 0 Å². The second-order valence-corrected chi connectivity index (χ2v) is 8.92. The summed E-state index contributed by atoms with van der Waals surface area (Å²) in [4.78, 5) is 25.4. The van der Waals surface area contributed by atoms with Gasteiger partial charge in [-0.3, -0.25) is 0 Å². The van der Waals surface area contributed by atoms with Gasteiger partial charge in [0.25, 0.3) is 0 Å². The first-order valence-electron chi connectivity index (χ1n) is 8.14. The molecule has 8 heteroatoms. The lowest BCUT2D eigenvalue weighted by molar-refractivity contribution is -0.885. The summed E-state index contributed by atoms with van der Waals surface area (Å²) < 4.78 is 18.5. The number of carbonyl (C=O) groups is 2. The maximum Gasteiger partial charge on any atom is 0.649 e. The fourth-order valence-electron chi connectivity index (χ4n) is 4.33. The molecule has 4 rings (SSSR count). The van der Waals surface area contributed by atoms with Gasteiger partial charge in [0, 0.05) is 16.9 Å². The first-order chi connectivity index (χ1) is 11.5. The molecule has 0 saturated carbocycles. The average molecular weight is 408 g/mol. The Morgan fingerprint density at radius 2 is 1.56 bits per heavy atom. The molecule has 3 heterocycles. The molecule has 2 aliphatic rings. The Hall–Kier alpha value is -1.80. The van der Waals surface area contributed by atoms with Gasteiger partial charge in [0.2, 0.25) is 0 Å². The highest BCUT2D eigenvalue weighted by atomic mass is 79.9. The molecule has 132 valence electrons. The molecule has 25 heavy (non-hydrogen) atoms. The van der Waals surface area contributed by atoms with Crippen LogP contribution in [0.15, 0.2) is 33.2 Å². The summed E-state index contributed by atoms with van der Waals surface area (Å²) in [7, 11) is 1.83. The molecule has 6 nitrogen and oxygen atoms in total. The van der Waals surface area contributed by atoms with Crippen molar-refractivity contribution in [1.29, 1.82) is 0 Å². The normalized spacial score (nSPS) is 32.6. The highest BCUT2D eigenvalue weighted by molar-refractivity contribution is 9.10. The number of hydrogen-bond acceptors (Lipinski definition) is 5. The van der Waals surface area contributed by atoms with Crippen LogP contribution in [0.25, 0.3) is 11.0 Å². The molecule has 2 saturated heterocycles. The number of rotatable bonds is 1. The van der Waals surface area contributed by atoms with E-state index in [0.717, 1.165) is 9.86 Å². The number of nitrogens with zero attached hydrogens (tertiary/aromatic N) is 1. The number of likely N-dealkylation sites (N-methyl/N-ethyl adjacent to an activating group) is 1. The van der Waals surface area contributed by atoms with Gasteiger partial charge in [-0.2, -0.15) is 0 Å². The minimum atomic E-state index is -2.49. The molecular weight excluding hydrogens is 389 g/mol. The number of furan rings is 1.